The molecule has 0 atom stereocenters. The van der Waals surface area contributed by atoms with Gasteiger partial charge in [0.15, 0.2) is 5.76 Å². The number of ether oxygens (including phenoxy) is 2. The summed E-state index contributed by atoms with van der Waals surface area (Å²) in [6.07, 6.45) is 0.801. The van der Waals surface area contributed by atoms with E-state index in [0.29, 0.717) is 22.5 Å². The van der Waals surface area contributed by atoms with Gasteiger partial charge in [-0.3, -0.25) is 4.79 Å². The van der Waals surface area contributed by atoms with E-state index in [0.717, 1.165) is 16.3 Å². The second kappa shape index (κ2) is 7.95. The Morgan fingerprint density at radius 2 is 1.68 bits per heavy atom. The Hall–Kier alpha value is -4.13. The lowest BCUT2D eigenvalue weighted by atomic mass is 10.1. The van der Waals surface area contributed by atoms with Crippen LogP contribution < -0.4 is 4.90 Å². The fraction of sp³-hybridized carbons (Fsp3) is 0.125. The Morgan fingerprint density at radius 3 is 2.39 bits per heavy atom. The molecule has 0 N–H and O–H groups in total. The van der Waals surface area contributed by atoms with Crippen molar-refractivity contribution in [3.05, 3.63) is 88.9 Å². The Balaban J connectivity index is 1.74. The van der Waals surface area contributed by atoms with E-state index < -0.39 is 18.0 Å². The number of hydrogen-bond donors (Lipinski definition) is 0. The number of esters is 1. The number of amides is 2. The minimum Gasteiger partial charge on any atom is -0.465 e. The number of methoxy groups -OCH3 is 1. The molecule has 1 aromatic heterocycles. The van der Waals surface area contributed by atoms with Gasteiger partial charge in [-0.1, -0.05) is 30.3 Å². The number of nitrogens with zero attached hydrogens (tertiary/aromatic N) is 2. The standard InChI is InChI=1S/C24H20N2O5/c1-15-13-17(16(2)25(15)20-12-8-7-11-19(20)23(28)30-3)14-21-22(27)26(24(29)31-21)18-9-5-4-6-10-18/h4-14H,1-3H3. The van der Waals surface area contributed by atoms with Gasteiger partial charge in [-0.15, -0.1) is 0 Å². The lowest BCUT2D eigenvalue weighted by molar-refractivity contribution is -0.114. The van der Waals surface area contributed by atoms with Gasteiger partial charge in [0, 0.05) is 11.4 Å². The van der Waals surface area contributed by atoms with E-state index >= 15 is 0 Å². The van der Waals surface area contributed by atoms with Gasteiger partial charge in [0.25, 0.3) is 0 Å². The van der Waals surface area contributed by atoms with E-state index in [1.807, 2.05) is 36.6 Å². The summed E-state index contributed by atoms with van der Waals surface area (Å²) in [5.74, 6) is -1.03. The molecule has 0 spiro atoms. The zero-order chi connectivity index (χ0) is 22.1. The van der Waals surface area contributed by atoms with Crippen molar-refractivity contribution >= 4 is 29.7 Å². The number of cyclic esters (lactones) is 1. The van der Waals surface area contributed by atoms with Crippen LogP contribution in [0.25, 0.3) is 11.8 Å². The van der Waals surface area contributed by atoms with Crippen LogP contribution in [0.2, 0.25) is 0 Å². The van der Waals surface area contributed by atoms with Gasteiger partial charge in [-0.05, 0) is 55.8 Å². The smallest absolute Gasteiger partial charge is 0.427 e. The number of carbonyl (C=O) groups is 3. The Bertz CT molecular complexity index is 1220. The minimum absolute atomic E-state index is 0.0599. The first kappa shape index (κ1) is 20.2. The molecule has 2 aromatic carbocycles. The molecule has 3 aromatic rings. The first-order valence-electron chi connectivity index (χ1n) is 9.62. The lowest BCUT2D eigenvalue weighted by Gasteiger charge is -2.13. The van der Waals surface area contributed by atoms with Gasteiger partial charge >= 0.3 is 18.0 Å². The van der Waals surface area contributed by atoms with E-state index in [9.17, 15) is 14.4 Å². The molecule has 1 aliphatic heterocycles. The van der Waals surface area contributed by atoms with Crippen LogP contribution in [0, 0.1) is 13.8 Å². The summed E-state index contributed by atoms with van der Waals surface area (Å²) in [4.78, 5) is 38.3. The summed E-state index contributed by atoms with van der Waals surface area (Å²) in [7, 11) is 1.34. The lowest BCUT2D eigenvalue weighted by Crippen LogP contribution is -2.28. The number of para-hydroxylation sites is 2. The number of hydrogen-bond acceptors (Lipinski definition) is 5. The molecular formula is C24H20N2O5. The molecular weight excluding hydrogens is 396 g/mol. The third kappa shape index (κ3) is 3.50. The van der Waals surface area contributed by atoms with Crippen molar-refractivity contribution in [1.82, 2.24) is 4.57 Å². The topological polar surface area (TPSA) is 77.8 Å². The summed E-state index contributed by atoms with van der Waals surface area (Å²) in [6, 6.07) is 17.6. The number of aromatic nitrogens is 1. The summed E-state index contributed by atoms with van der Waals surface area (Å²) in [6.45, 7) is 3.76. The second-order valence-electron chi connectivity index (χ2n) is 7.02. The van der Waals surface area contributed by atoms with Crippen molar-refractivity contribution in [3.8, 4) is 5.69 Å². The van der Waals surface area contributed by atoms with Crippen molar-refractivity contribution in [2.24, 2.45) is 0 Å². The molecule has 4 rings (SSSR count). The van der Waals surface area contributed by atoms with Crippen LogP contribution in [-0.4, -0.2) is 29.6 Å². The van der Waals surface area contributed by atoms with Crippen molar-refractivity contribution < 1.29 is 23.9 Å². The molecule has 0 aliphatic carbocycles. The van der Waals surface area contributed by atoms with Crippen LogP contribution in [0.3, 0.4) is 0 Å². The maximum absolute atomic E-state index is 12.8. The maximum atomic E-state index is 12.8. The summed E-state index contributed by atoms with van der Waals surface area (Å²) in [5, 5.41) is 0. The summed E-state index contributed by atoms with van der Waals surface area (Å²) < 4.78 is 12.0. The number of aryl methyl sites for hydroxylation is 1. The monoisotopic (exact) mass is 416 g/mol. The van der Waals surface area contributed by atoms with E-state index in [2.05, 4.69) is 0 Å². The predicted octanol–water partition coefficient (Wildman–Crippen LogP) is 4.41. The highest BCUT2D eigenvalue weighted by Gasteiger charge is 2.37. The summed E-state index contributed by atoms with van der Waals surface area (Å²) in [5.41, 5.74) is 3.85. The largest absolute Gasteiger partial charge is 0.465 e. The zero-order valence-electron chi connectivity index (χ0n) is 17.3. The molecule has 0 unspecified atom stereocenters. The molecule has 0 radical (unpaired) electrons. The molecule has 2 heterocycles. The molecule has 0 saturated carbocycles. The normalized spacial score (nSPS) is 14.8. The third-order valence-corrected chi connectivity index (χ3v) is 5.12. The number of benzene rings is 2. The number of rotatable bonds is 4. The number of anilines is 1. The van der Waals surface area contributed by atoms with E-state index in [-0.39, 0.29) is 5.76 Å². The van der Waals surface area contributed by atoms with Gasteiger partial charge in [-0.2, -0.15) is 0 Å². The molecule has 7 nitrogen and oxygen atoms in total. The van der Waals surface area contributed by atoms with Crippen molar-refractivity contribution in [1.29, 1.82) is 0 Å². The second-order valence-corrected chi connectivity index (χ2v) is 7.02. The fourth-order valence-electron chi connectivity index (χ4n) is 3.66. The third-order valence-electron chi connectivity index (χ3n) is 5.12. The molecule has 31 heavy (non-hydrogen) atoms. The average Bonchev–Trinajstić information content (AvgIpc) is 3.22. The molecule has 7 heteroatoms. The zero-order valence-corrected chi connectivity index (χ0v) is 17.3. The maximum Gasteiger partial charge on any atom is 0.427 e. The molecule has 1 fully saturated rings. The van der Waals surface area contributed by atoms with E-state index in [1.165, 1.54) is 7.11 Å². The van der Waals surface area contributed by atoms with Crippen LogP contribution in [0.5, 0.6) is 0 Å². The molecule has 1 saturated heterocycles. The number of imide groups is 1. The Morgan fingerprint density at radius 1 is 1.00 bits per heavy atom. The van der Waals surface area contributed by atoms with E-state index in [4.69, 9.17) is 9.47 Å². The molecule has 156 valence electrons. The quantitative estimate of drug-likeness (QED) is 0.465. The Kier molecular flexibility index (Phi) is 5.17. The number of carbonyl (C=O) groups excluding carboxylic acids is 3. The van der Waals surface area contributed by atoms with E-state index in [1.54, 1.807) is 48.5 Å². The van der Waals surface area contributed by atoms with Gasteiger partial charge in [0.05, 0.1) is 24.0 Å². The summed E-state index contributed by atoms with van der Waals surface area (Å²) >= 11 is 0. The highest BCUT2D eigenvalue weighted by molar-refractivity contribution is 6.24. The van der Waals surface area contributed by atoms with Crippen LogP contribution >= 0.6 is 0 Å². The van der Waals surface area contributed by atoms with Gasteiger partial charge in [0.1, 0.15) is 0 Å². The minimum atomic E-state index is -0.743. The first-order chi connectivity index (χ1) is 14.9. The highest BCUT2D eigenvalue weighted by atomic mass is 16.6. The Labute approximate surface area is 179 Å². The SMILES string of the molecule is COC(=O)c1ccccc1-n1c(C)cc(C=C2OC(=O)N(c3ccccc3)C2=O)c1C. The van der Waals surface area contributed by atoms with Gasteiger partial charge < -0.3 is 14.0 Å². The first-order valence-corrected chi connectivity index (χ1v) is 9.62. The van der Waals surface area contributed by atoms with Crippen molar-refractivity contribution in [2.75, 3.05) is 12.0 Å². The van der Waals surface area contributed by atoms with Crippen molar-refractivity contribution in [3.63, 3.8) is 0 Å². The average molecular weight is 416 g/mol. The highest BCUT2D eigenvalue weighted by Crippen LogP contribution is 2.29. The van der Waals surface area contributed by atoms with Gasteiger partial charge in [0.2, 0.25) is 0 Å². The molecule has 1 aliphatic rings. The molecule has 2 amide bonds. The van der Waals surface area contributed by atoms with Gasteiger partial charge in [-0.25, -0.2) is 14.5 Å². The van der Waals surface area contributed by atoms with Crippen LogP contribution in [0.4, 0.5) is 10.5 Å². The molecule has 0 bridgehead atoms. The van der Waals surface area contributed by atoms with Crippen LogP contribution in [-0.2, 0) is 14.3 Å². The fourth-order valence-corrected chi connectivity index (χ4v) is 3.66. The van der Waals surface area contributed by atoms with Crippen LogP contribution in [0.15, 0.2) is 66.4 Å². The van der Waals surface area contributed by atoms with Crippen LogP contribution in [0.1, 0.15) is 27.3 Å². The van der Waals surface area contributed by atoms with Crippen molar-refractivity contribution in [2.45, 2.75) is 13.8 Å². The predicted molar refractivity (Wildman–Crippen MR) is 115 cm³/mol.